The van der Waals surface area contributed by atoms with Crippen LogP contribution in [0.3, 0.4) is 0 Å². The standard InChI is InChI=1S/C10H13BrN2O3S/c1-3-13(2)10(14)8-6-7(17(12,15)16)4-5-9(8)11/h4-6H,3H2,1-2H3,(H2,12,15,16). The summed E-state index contributed by atoms with van der Waals surface area (Å²) in [5.74, 6) is -0.259. The Morgan fingerprint density at radius 3 is 2.53 bits per heavy atom. The normalized spacial score (nSPS) is 11.3. The van der Waals surface area contributed by atoms with Gasteiger partial charge in [0.15, 0.2) is 0 Å². The maximum absolute atomic E-state index is 11.9. The predicted molar refractivity (Wildman–Crippen MR) is 68.1 cm³/mol. The Labute approximate surface area is 109 Å². The molecule has 0 unspecified atom stereocenters. The third-order valence-electron chi connectivity index (χ3n) is 2.32. The van der Waals surface area contributed by atoms with Crippen LogP contribution >= 0.6 is 15.9 Å². The first-order valence-corrected chi connectivity index (χ1v) is 7.19. The number of amides is 1. The van der Waals surface area contributed by atoms with Crippen molar-refractivity contribution >= 4 is 31.9 Å². The van der Waals surface area contributed by atoms with Crippen molar-refractivity contribution in [3.8, 4) is 0 Å². The molecule has 0 aromatic heterocycles. The first-order valence-electron chi connectivity index (χ1n) is 4.85. The Balaban J connectivity index is 3.30. The van der Waals surface area contributed by atoms with E-state index < -0.39 is 10.0 Å². The number of benzene rings is 1. The molecule has 1 amide bonds. The van der Waals surface area contributed by atoms with Crippen molar-refractivity contribution in [1.82, 2.24) is 4.90 Å². The Morgan fingerprint density at radius 1 is 1.47 bits per heavy atom. The first kappa shape index (κ1) is 14.1. The number of hydrogen-bond donors (Lipinski definition) is 1. The SMILES string of the molecule is CCN(C)C(=O)c1cc(S(N)(=O)=O)ccc1Br. The van der Waals surface area contributed by atoms with E-state index in [0.717, 1.165) is 0 Å². The predicted octanol–water partition coefficient (Wildman–Crippen LogP) is 1.19. The quantitative estimate of drug-likeness (QED) is 0.908. The third-order valence-corrected chi connectivity index (χ3v) is 3.92. The molecule has 0 fully saturated rings. The van der Waals surface area contributed by atoms with Crippen LogP contribution in [0.15, 0.2) is 27.6 Å². The summed E-state index contributed by atoms with van der Waals surface area (Å²) in [5, 5.41) is 5.02. The number of carbonyl (C=O) groups excluding carboxylic acids is 1. The second-order valence-electron chi connectivity index (χ2n) is 3.51. The molecule has 0 bridgehead atoms. The molecule has 1 aromatic rings. The summed E-state index contributed by atoms with van der Waals surface area (Å²) in [5.41, 5.74) is 0.279. The van der Waals surface area contributed by atoms with Gasteiger partial charge in [-0.05, 0) is 41.1 Å². The minimum absolute atomic E-state index is 0.0754. The van der Waals surface area contributed by atoms with Crippen LogP contribution in [-0.4, -0.2) is 32.8 Å². The van der Waals surface area contributed by atoms with E-state index in [1.807, 2.05) is 6.92 Å². The molecular weight excluding hydrogens is 308 g/mol. The number of hydrogen-bond acceptors (Lipinski definition) is 3. The molecule has 0 saturated carbocycles. The van der Waals surface area contributed by atoms with Gasteiger partial charge >= 0.3 is 0 Å². The number of nitrogens with two attached hydrogens (primary N) is 1. The maximum Gasteiger partial charge on any atom is 0.254 e. The van der Waals surface area contributed by atoms with Crippen molar-refractivity contribution in [2.45, 2.75) is 11.8 Å². The van der Waals surface area contributed by atoms with Gasteiger partial charge in [0, 0.05) is 18.1 Å². The van der Waals surface area contributed by atoms with E-state index in [2.05, 4.69) is 15.9 Å². The van der Waals surface area contributed by atoms with Gasteiger partial charge in [-0.1, -0.05) is 0 Å². The summed E-state index contributed by atoms with van der Waals surface area (Å²) in [7, 11) is -2.16. The lowest BCUT2D eigenvalue weighted by Crippen LogP contribution is -2.27. The Morgan fingerprint density at radius 2 is 2.06 bits per heavy atom. The van der Waals surface area contributed by atoms with E-state index in [0.29, 0.717) is 11.0 Å². The summed E-state index contributed by atoms with van der Waals surface area (Å²) in [6.07, 6.45) is 0. The molecular formula is C10H13BrN2O3S. The number of halogens is 1. The number of nitrogens with zero attached hydrogens (tertiary/aromatic N) is 1. The van der Waals surface area contributed by atoms with Crippen LogP contribution in [0.4, 0.5) is 0 Å². The topological polar surface area (TPSA) is 80.5 Å². The van der Waals surface area contributed by atoms with Gasteiger partial charge in [-0.25, -0.2) is 13.6 Å². The van der Waals surface area contributed by atoms with Gasteiger partial charge in [-0.3, -0.25) is 4.79 Å². The lowest BCUT2D eigenvalue weighted by atomic mass is 10.2. The molecule has 0 aliphatic heterocycles. The van der Waals surface area contributed by atoms with Gasteiger partial charge in [-0.2, -0.15) is 0 Å². The van der Waals surface area contributed by atoms with E-state index in [9.17, 15) is 13.2 Å². The van der Waals surface area contributed by atoms with Crippen LogP contribution in [0.25, 0.3) is 0 Å². The van der Waals surface area contributed by atoms with Crippen LogP contribution in [0.1, 0.15) is 17.3 Å². The molecule has 17 heavy (non-hydrogen) atoms. The molecule has 7 heteroatoms. The zero-order chi connectivity index (χ0) is 13.2. The number of carbonyl (C=O) groups is 1. The third kappa shape index (κ3) is 3.27. The Bertz CT molecular complexity index is 542. The smallest absolute Gasteiger partial charge is 0.254 e. The minimum atomic E-state index is -3.80. The van der Waals surface area contributed by atoms with Crippen LogP contribution in [0.2, 0.25) is 0 Å². The van der Waals surface area contributed by atoms with Gasteiger partial charge in [0.1, 0.15) is 0 Å². The van der Waals surface area contributed by atoms with Crippen LogP contribution in [0.5, 0.6) is 0 Å². The van der Waals surface area contributed by atoms with E-state index >= 15 is 0 Å². The van der Waals surface area contributed by atoms with Gasteiger partial charge in [-0.15, -0.1) is 0 Å². The van der Waals surface area contributed by atoms with Gasteiger partial charge in [0.05, 0.1) is 10.5 Å². The molecule has 0 radical (unpaired) electrons. The minimum Gasteiger partial charge on any atom is -0.342 e. The molecule has 94 valence electrons. The van der Waals surface area contributed by atoms with E-state index in [1.54, 1.807) is 7.05 Å². The van der Waals surface area contributed by atoms with Gasteiger partial charge in [0.2, 0.25) is 10.0 Å². The molecule has 2 N–H and O–H groups in total. The van der Waals surface area contributed by atoms with Crippen molar-refractivity contribution in [3.05, 3.63) is 28.2 Å². The molecule has 0 aliphatic rings. The number of primary sulfonamides is 1. The van der Waals surface area contributed by atoms with Gasteiger partial charge < -0.3 is 4.90 Å². The summed E-state index contributed by atoms with van der Waals surface area (Å²) in [6, 6.07) is 4.12. The zero-order valence-corrected chi connectivity index (χ0v) is 11.9. The summed E-state index contributed by atoms with van der Waals surface area (Å²) in [4.78, 5) is 13.3. The van der Waals surface area contributed by atoms with Crippen LogP contribution in [0, 0.1) is 0 Å². The van der Waals surface area contributed by atoms with Crippen molar-refractivity contribution in [3.63, 3.8) is 0 Å². The first-order chi connectivity index (χ1) is 7.77. The molecule has 0 saturated heterocycles. The van der Waals surface area contributed by atoms with Crippen LogP contribution in [-0.2, 0) is 10.0 Å². The molecule has 0 aliphatic carbocycles. The molecule has 1 aromatic carbocycles. The largest absolute Gasteiger partial charge is 0.342 e. The molecule has 5 nitrogen and oxygen atoms in total. The summed E-state index contributed by atoms with van der Waals surface area (Å²) < 4.78 is 22.9. The van der Waals surface area contributed by atoms with E-state index in [4.69, 9.17) is 5.14 Å². The summed E-state index contributed by atoms with van der Waals surface area (Å²) in [6.45, 7) is 2.36. The average molecular weight is 321 g/mol. The highest BCUT2D eigenvalue weighted by Crippen LogP contribution is 2.21. The second-order valence-corrected chi connectivity index (χ2v) is 5.92. The lowest BCUT2D eigenvalue weighted by molar-refractivity contribution is 0.0801. The molecule has 0 spiro atoms. The van der Waals surface area contributed by atoms with Crippen molar-refractivity contribution < 1.29 is 13.2 Å². The van der Waals surface area contributed by atoms with Crippen LogP contribution < -0.4 is 5.14 Å². The van der Waals surface area contributed by atoms with E-state index in [-0.39, 0.29) is 16.4 Å². The van der Waals surface area contributed by atoms with Crippen molar-refractivity contribution in [1.29, 1.82) is 0 Å². The fourth-order valence-electron chi connectivity index (χ4n) is 1.19. The summed E-state index contributed by atoms with van der Waals surface area (Å²) >= 11 is 3.21. The maximum atomic E-state index is 11.9. The monoisotopic (exact) mass is 320 g/mol. The highest BCUT2D eigenvalue weighted by atomic mass is 79.9. The molecule has 0 atom stereocenters. The second kappa shape index (κ2) is 5.16. The molecule has 0 heterocycles. The average Bonchev–Trinajstić information content (AvgIpc) is 2.26. The fourth-order valence-corrected chi connectivity index (χ4v) is 2.15. The van der Waals surface area contributed by atoms with Crippen molar-refractivity contribution in [2.75, 3.05) is 13.6 Å². The lowest BCUT2D eigenvalue weighted by Gasteiger charge is -2.15. The highest BCUT2D eigenvalue weighted by molar-refractivity contribution is 9.10. The number of rotatable bonds is 3. The van der Waals surface area contributed by atoms with E-state index in [1.165, 1.54) is 23.1 Å². The van der Waals surface area contributed by atoms with Crippen molar-refractivity contribution in [2.24, 2.45) is 5.14 Å². The van der Waals surface area contributed by atoms with Gasteiger partial charge in [0.25, 0.3) is 5.91 Å². The zero-order valence-electron chi connectivity index (χ0n) is 9.47. The number of sulfonamides is 1. The Hall–Kier alpha value is -0.920. The fraction of sp³-hybridized carbons (Fsp3) is 0.300. The Kier molecular flexibility index (Phi) is 4.29. The highest BCUT2D eigenvalue weighted by Gasteiger charge is 2.17. The molecule has 1 rings (SSSR count).